The number of hydrogen-bond acceptors (Lipinski definition) is 5. The van der Waals surface area contributed by atoms with Gasteiger partial charge in [-0.3, -0.25) is 0 Å². The van der Waals surface area contributed by atoms with Gasteiger partial charge in [0.05, 0.1) is 24.9 Å². The lowest BCUT2D eigenvalue weighted by atomic mass is 10.0. The molecule has 1 aliphatic rings. The molecule has 0 spiro atoms. The molecule has 192 valence electrons. The molecule has 1 heterocycles. The molecule has 1 saturated heterocycles. The zero-order chi connectivity index (χ0) is 24.7. The van der Waals surface area contributed by atoms with Crippen molar-refractivity contribution in [3.8, 4) is 16.9 Å². The highest BCUT2D eigenvalue weighted by atomic mass is 16.7. The van der Waals surface area contributed by atoms with Crippen molar-refractivity contribution in [2.75, 3.05) is 19.8 Å². The largest absolute Gasteiger partial charge is 0.494 e. The van der Waals surface area contributed by atoms with Crippen molar-refractivity contribution >= 4 is 5.97 Å². The van der Waals surface area contributed by atoms with Crippen molar-refractivity contribution in [2.24, 2.45) is 0 Å². The molecule has 0 amide bonds. The van der Waals surface area contributed by atoms with Gasteiger partial charge in [0.1, 0.15) is 12.4 Å². The van der Waals surface area contributed by atoms with E-state index in [1.807, 2.05) is 36.4 Å². The van der Waals surface area contributed by atoms with Gasteiger partial charge in [-0.2, -0.15) is 0 Å². The van der Waals surface area contributed by atoms with Crippen LogP contribution in [0, 0.1) is 0 Å². The van der Waals surface area contributed by atoms with E-state index in [9.17, 15) is 4.79 Å². The Balaban J connectivity index is 1.39. The summed E-state index contributed by atoms with van der Waals surface area (Å²) in [4.78, 5) is 12.5. The van der Waals surface area contributed by atoms with E-state index >= 15 is 0 Å². The minimum absolute atomic E-state index is 0.101. The van der Waals surface area contributed by atoms with Crippen molar-refractivity contribution in [1.82, 2.24) is 0 Å². The van der Waals surface area contributed by atoms with Gasteiger partial charge in [-0.05, 0) is 48.2 Å². The van der Waals surface area contributed by atoms with Crippen molar-refractivity contribution in [3.05, 3.63) is 54.1 Å². The summed E-state index contributed by atoms with van der Waals surface area (Å²) in [6.07, 6.45) is 11.5. The van der Waals surface area contributed by atoms with Crippen molar-refractivity contribution in [3.63, 3.8) is 0 Å². The normalized spacial score (nSPS) is 17.8. The minimum Gasteiger partial charge on any atom is -0.494 e. The molecule has 3 rings (SSSR count). The van der Waals surface area contributed by atoms with Crippen molar-refractivity contribution < 1.29 is 23.7 Å². The molecule has 0 aromatic heterocycles. The Bertz CT molecular complexity index is 838. The van der Waals surface area contributed by atoms with Crippen LogP contribution in [0.4, 0.5) is 0 Å². The summed E-state index contributed by atoms with van der Waals surface area (Å²) in [6.45, 7) is 5.95. The first kappa shape index (κ1) is 27.2. The van der Waals surface area contributed by atoms with Crippen LogP contribution in [0.2, 0.25) is 0 Å². The van der Waals surface area contributed by atoms with Crippen molar-refractivity contribution in [2.45, 2.75) is 90.4 Å². The fourth-order valence-corrected chi connectivity index (χ4v) is 4.18. The number of carbonyl (C=O) groups excluding carboxylic acids is 1. The number of esters is 1. The highest BCUT2D eigenvalue weighted by Crippen LogP contribution is 2.24. The first-order valence-corrected chi connectivity index (χ1v) is 13.5. The van der Waals surface area contributed by atoms with E-state index in [1.54, 1.807) is 12.1 Å². The van der Waals surface area contributed by atoms with Gasteiger partial charge in [0.25, 0.3) is 0 Å². The molecule has 5 nitrogen and oxygen atoms in total. The predicted octanol–water partition coefficient (Wildman–Crippen LogP) is 7.57. The zero-order valence-corrected chi connectivity index (χ0v) is 21.5. The molecular weight excluding hydrogens is 440 g/mol. The summed E-state index contributed by atoms with van der Waals surface area (Å²) in [6, 6.07) is 15.5. The van der Waals surface area contributed by atoms with Crippen LogP contribution in [-0.2, 0) is 14.2 Å². The molecule has 2 aromatic rings. The summed E-state index contributed by atoms with van der Waals surface area (Å²) >= 11 is 0. The van der Waals surface area contributed by atoms with Crippen LogP contribution in [0.25, 0.3) is 11.1 Å². The molecule has 2 atom stereocenters. The maximum absolute atomic E-state index is 12.5. The third kappa shape index (κ3) is 9.65. The lowest BCUT2D eigenvalue weighted by molar-refractivity contribution is -0.213. The number of ether oxygens (including phenoxy) is 4. The fourth-order valence-electron chi connectivity index (χ4n) is 4.18. The molecule has 0 N–H and O–H groups in total. The van der Waals surface area contributed by atoms with Crippen LogP contribution >= 0.6 is 0 Å². The molecule has 0 bridgehead atoms. The van der Waals surface area contributed by atoms with E-state index in [1.165, 1.54) is 44.9 Å². The standard InChI is InChI=1S/C30H42O5/c1-3-5-7-9-11-21-32-27-19-17-25(18-20-27)24-13-15-26(16-14-24)30(31)35-29-23-33-28(22-34-29)12-10-8-6-4-2/h13-20,28-29H,3-12,21-23H2,1-2H3/t28-,29-/m0/s1. The van der Waals surface area contributed by atoms with Gasteiger partial charge in [0.15, 0.2) is 0 Å². The van der Waals surface area contributed by atoms with Crippen LogP contribution in [0.1, 0.15) is 88.4 Å². The van der Waals surface area contributed by atoms with Crippen LogP contribution < -0.4 is 4.74 Å². The highest BCUT2D eigenvalue weighted by Gasteiger charge is 2.25. The Morgan fingerprint density at radius 2 is 1.40 bits per heavy atom. The molecule has 0 saturated carbocycles. The highest BCUT2D eigenvalue weighted by molar-refractivity contribution is 5.90. The summed E-state index contributed by atoms with van der Waals surface area (Å²) in [7, 11) is 0. The van der Waals surface area contributed by atoms with E-state index in [2.05, 4.69) is 13.8 Å². The SMILES string of the molecule is CCCCCCCOc1ccc(-c2ccc(C(=O)O[C@H]3CO[C@@H](CCCCCC)CO3)cc2)cc1. The molecule has 0 radical (unpaired) electrons. The first-order valence-electron chi connectivity index (χ1n) is 13.5. The number of unbranched alkanes of at least 4 members (excludes halogenated alkanes) is 7. The summed E-state index contributed by atoms with van der Waals surface area (Å²) in [5.41, 5.74) is 2.62. The van der Waals surface area contributed by atoms with Gasteiger partial charge in [-0.25, -0.2) is 4.79 Å². The van der Waals surface area contributed by atoms with Crippen LogP contribution in [0.5, 0.6) is 5.75 Å². The maximum Gasteiger partial charge on any atom is 0.340 e. The van der Waals surface area contributed by atoms with E-state index < -0.39 is 12.3 Å². The molecule has 1 aliphatic heterocycles. The number of rotatable bonds is 15. The van der Waals surface area contributed by atoms with Gasteiger partial charge in [-0.1, -0.05) is 89.5 Å². The maximum atomic E-state index is 12.5. The lowest BCUT2D eigenvalue weighted by Gasteiger charge is -2.29. The summed E-state index contributed by atoms with van der Waals surface area (Å²) < 4.78 is 22.9. The van der Waals surface area contributed by atoms with E-state index in [-0.39, 0.29) is 12.7 Å². The fraction of sp³-hybridized carbons (Fsp3) is 0.567. The number of carbonyl (C=O) groups is 1. The number of benzene rings is 2. The second kappa shape index (κ2) is 15.6. The van der Waals surface area contributed by atoms with Crippen LogP contribution in [-0.4, -0.2) is 38.2 Å². The monoisotopic (exact) mass is 482 g/mol. The third-order valence-corrected chi connectivity index (χ3v) is 6.38. The van der Waals surface area contributed by atoms with E-state index in [4.69, 9.17) is 18.9 Å². The van der Waals surface area contributed by atoms with Gasteiger partial charge in [0, 0.05) is 0 Å². The van der Waals surface area contributed by atoms with Crippen LogP contribution in [0.15, 0.2) is 48.5 Å². The second-order valence-corrected chi connectivity index (χ2v) is 9.34. The van der Waals surface area contributed by atoms with E-state index in [0.717, 1.165) is 42.7 Å². The summed E-state index contributed by atoms with van der Waals surface area (Å²) in [5.74, 6) is 0.497. The Hall–Kier alpha value is -2.37. The molecule has 2 aromatic carbocycles. The Morgan fingerprint density at radius 1 is 0.771 bits per heavy atom. The van der Waals surface area contributed by atoms with Gasteiger partial charge >= 0.3 is 5.97 Å². The molecule has 0 aliphatic carbocycles. The smallest absolute Gasteiger partial charge is 0.340 e. The molecule has 0 unspecified atom stereocenters. The molecular formula is C30H42O5. The van der Waals surface area contributed by atoms with Crippen molar-refractivity contribution in [1.29, 1.82) is 0 Å². The van der Waals surface area contributed by atoms with Crippen LogP contribution in [0.3, 0.4) is 0 Å². The van der Waals surface area contributed by atoms with E-state index in [0.29, 0.717) is 12.2 Å². The lowest BCUT2D eigenvalue weighted by Crippen LogP contribution is -2.38. The topological polar surface area (TPSA) is 54.0 Å². The molecule has 5 heteroatoms. The second-order valence-electron chi connectivity index (χ2n) is 9.34. The zero-order valence-electron chi connectivity index (χ0n) is 21.5. The Morgan fingerprint density at radius 3 is 2.03 bits per heavy atom. The van der Waals surface area contributed by atoms with Gasteiger partial charge < -0.3 is 18.9 Å². The Labute approximate surface area is 211 Å². The average Bonchev–Trinajstić information content (AvgIpc) is 2.90. The first-order chi connectivity index (χ1) is 17.2. The summed E-state index contributed by atoms with van der Waals surface area (Å²) in [5, 5.41) is 0. The minimum atomic E-state index is -0.645. The third-order valence-electron chi connectivity index (χ3n) is 6.38. The van der Waals surface area contributed by atoms with Gasteiger partial charge in [-0.15, -0.1) is 0 Å². The molecule has 1 fully saturated rings. The molecule has 35 heavy (non-hydrogen) atoms. The average molecular weight is 483 g/mol. The predicted molar refractivity (Wildman–Crippen MR) is 140 cm³/mol. The quantitative estimate of drug-likeness (QED) is 0.193. The van der Waals surface area contributed by atoms with Gasteiger partial charge in [0.2, 0.25) is 6.29 Å². The number of hydrogen-bond donors (Lipinski definition) is 0. The Kier molecular flexibility index (Phi) is 12.1.